The number of esters is 1. The molecule has 132 valence electrons. The molecule has 1 heterocycles. The summed E-state index contributed by atoms with van der Waals surface area (Å²) in [7, 11) is -1.08. The highest BCUT2D eigenvalue weighted by Gasteiger charge is 2.40. The average Bonchev–Trinajstić information content (AvgIpc) is 2.66. The normalized spacial score (nSPS) is 17.6. The van der Waals surface area contributed by atoms with Crippen LogP contribution in [0.5, 0.6) is 5.75 Å². The summed E-state index contributed by atoms with van der Waals surface area (Å²) in [5.74, 6) is -0.000882. The highest BCUT2D eigenvalue weighted by Crippen LogP contribution is 2.30. The van der Waals surface area contributed by atoms with Crippen LogP contribution in [0.3, 0.4) is 0 Å². The third kappa shape index (κ3) is 3.25. The molecular formula is C18H19NO5S. The zero-order valence-corrected chi connectivity index (χ0v) is 14.8. The predicted molar refractivity (Wildman–Crippen MR) is 91.7 cm³/mol. The van der Waals surface area contributed by atoms with Gasteiger partial charge in [-0.1, -0.05) is 24.3 Å². The fourth-order valence-electron chi connectivity index (χ4n) is 2.97. The van der Waals surface area contributed by atoms with Crippen molar-refractivity contribution >= 4 is 16.0 Å². The van der Waals surface area contributed by atoms with Crippen molar-refractivity contribution in [3.05, 3.63) is 59.7 Å². The van der Waals surface area contributed by atoms with Gasteiger partial charge in [-0.25, -0.2) is 8.42 Å². The molecule has 0 radical (unpaired) electrons. The number of hydrogen-bond acceptors (Lipinski definition) is 5. The molecule has 0 unspecified atom stereocenters. The van der Waals surface area contributed by atoms with E-state index in [9.17, 15) is 13.2 Å². The van der Waals surface area contributed by atoms with Gasteiger partial charge in [0.25, 0.3) is 0 Å². The first-order valence-electron chi connectivity index (χ1n) is 7.78. The first-order valence-corrected chi connectivity index (χ1v) is 9.22. The standard InChI is InChI=1S/C18H19NO5S/c1-23-15-7-9-16(10-8-15)25(21,22)19-12-14-6-4-3-5-13(14)11-17(19)18(20)24-2/h3-10,17H,11-12H2,1-2H3/t17-/m1/s1. The summed E-state index contributed by atoms with van der Waals surface area (Å²) in [6.07, 6.45) is 0.290. The summed E-state index contributed by atoms with van der Waals surface area (Å²) < 4.78 is 37.3. The highest BCUT2D eigenvalue weighted by molar-refractivity contribution is 7.89. The summed E-state index contributed by atoms with van der Waals surface area (Å²) in [6.45, 7) is 0.129. The SMILES string of the molecule is COC(=O)[C@H]1Cc2ccccc2CN1S(=O)(=O)c1ccc(OC)cc1. The van der Waals surface area contributed by atoms with Gasteiger partial charge in [-0.3, -0.25) is 4.79 Å². The lowest BCUT2D eigenvalue weighted by atomic mass is 9.96. The van der Waals surface area contributed by atoms with E-state index in [1.54, 1.807) is 12.1 Å². The Labute approximate surface area is 147 Å². The summed E-state index contributed by atoms with van der Waals surface area (Å²) in [5.41, 5.74) is 1.85. The number of hydrogen-bond donors (Lipinski definition) is 0. The van der Waals surface area contributed by atoms with Crippen LogP contribution in [0.4, 0.5) is 0 Å². The van der Waals surface area contributed by atoms with Gasteiger partial charge in [-0.15, -0.1) is 0 Å². The van der Waals surface area contributed by atoms with Crippen LogP contribution in [0, 0.1) is 0 Å². The minimum absolute atomic E-state index is 0.113. The molecule has 0 fully saturated rings. The number of carbonyl (C=O) groups excluding carboxylic acids is 1. The Kier molecular flexibility index (Phi) is 4.78. The number of ether oxygens (including phenoxy) is 2. The lowest BCUT2D eigenvalue weighted by molar-refractivity contribution is -0.145. The zero-order valence-electron chi connectivity index (χ0n) is 14.0. The van der Waals surface area contributed by atoms with Gasteiger partial charge in [0.05, 0.1) is 19.1 Å². The first-order chi connectivity index (χ1) is 12.0. The molecule has 25 heavy (non-hydrogen) atoms. The van der Waals surface area contributed by atoms with E-state index in [0.717, 1.165) is 11.1 Å². The van der Waals surface area contributed by atoms with Crippen LogP contribution in [0.2, 0.25) is 0 Å². The molecule has 0 N–H and O–H groups in total. The van der Waals surface area contributed by atoms with Gasteiger partial charge in [0.1, 0.15) is 11.8 Å². The van der Waals surface area contributed by atoms with Gasteiger partial charge < -0.3 is 9.47 Å². The molecule has 1 aliphatic heterocycles. The van der Waals surface area contributed by atoms with Crippen LogP contribution in [-0.4, -0.2) is 39.0 Å². The number of carbonyl (C=O) groups is 1. The van der Waals surface area contributed by atoms with Crippen LogP contribution >= 0.6 is 0 Å². The molecule has 0 amide bonds. The molecule has 1 aliphatic rings. The topological polar surface area (TPSA) is 72.9 Å². The molecule has 0 aromatic heterocycles. The zero-order chi connectivity index (χ0) is 18.0. The van der Waals surface area contributed by atoms with Gasteiger partial charge in [0, 0.05) is 13.0 Å². The van der Waals surface area contributed by atoms with E-state index in [-0.39, 0.29) is 17.9 Å². The Morgan fingerprint density at radius 1 is 1.04 bits per heavy atom. The van der Waals surface area contributed by atoms with Crippen molar-refractivity contribution < 1.29 is 22.7 Å². The molecule has 2 aromatic carbocycles. The molecule has 6 nitrogen and oxygen atoms in total. The Bertz CT molecular complexity index is 877. The van der Waals surface area contributed by atoms with Crippen LogP contribution in [0.25, 0.3) is 0 Å². The van der Waals surface area contributed by atoms with Crippen molar-refractivity contribution in [1.82, 2.24) is 4.31 Å². The largest absolute Gasteiger partial charge is 0.497 e. The monoisotopic (exact) mass is 361 g/mol. The van der Waals surface area contributed by atoms with Crippen LogP contribution in [0.1, 0.15) is 11.1 Å². The van der Waals surface area contributed by atoms with Gasteiger partial charge in [-0.05, 0) is 35.4 Å². The lowest BCUT2D eigenvalue weighted by Gasteiger charge is -2.34. The smallest absolute Gasteiger partial charge is 0.324 e. The molecule has 0 spiro atoms. The molecule has 2 aromatic rings. The number of benzene rings is 2. The molecule has 0 aliphatic carbocycles. The fraction of sp³-hybridized carbons (Fsp3) is 0.278. The summed E-state index contributed by atoms with van der Waals surface area (Å²) in [5, 5.41) is 0. The number of rotatable bonds is 4. The number of sulfonamides is 1. The van der Waals surface area contributed by atoms with E-state index < -0.39 is 22.0 Å². The van der Waals surface area contributed by atoms with Crippen molar-refractivity contribution in [2.75, 3.05) is 14.2 Å². The minimum atomic E-state index is -3.86. The molecule has 7 heteroatoms. The first kappa shape index (κ1) is 17.4. The van der Waals surface area contributed by atoms with Crippen molar-refractivity contribution in [3.63, 3.8) is 0 Å². The van der Waals surface area contributed by atoms with Crippen LogP contribution in [-0.2, 0) is 32.5 Å². The van der Waals surface area contributed by atoms with Gasteiger partial charge in [0.15, 0.2) is 0 Å². The quantitative estimate of drug-likeness (QED) is 0.779. The van der Waals surface area contributed by atoms with E-state index in [1.165, 1.54) is 30.7 Å². The Balaban J connectivity index is 2.03. The van der Waals surface area contributed by atoms with E-state index in [1.807, 2.05) is 24.3 Å². The minimum Gasteiger partial charge on any atom is -0.497 e. The number of fused-ring (bicyclic) bond motifs is 1. The molecule has 0 saturated heterocycles. The van der Waals surface area contributed by atoms with Crippen molar-refractivity contribution in [2.24, 2.45) is 0 Å². The maximum atomic E-state index is 13.1. The maximum absolute atomic E-state index is 13.1. The Hall–Kier alpha value is -2.38. The molecular weight excluding hydrogens is 342 g/mol. The molecule has 0 saturated carbocycles. The van der Waals surface area contributed by atoms with Gasteiger partial charge >= 0.3 is 5.97 Å². The lowest BCUT2D eigenvalue weighted by Crippen LogP contribution is -2.48. The predicted octanol–water partition coefficient (Wildman–Crippen LogP) is 1.98. The number of nitrogens with zero attached hydrogens (tertiary/aromatic N) is 1. The molecule has 1 atom stereocenters. The third-order valence-electron chi connectivity index (χ3n) is 4.34. The van der Waals surface area contributed by atoms with Crippen molar-refractivity contribution in [3.8, 4) is 5.75 Å². The summed E-state index contributed by atoms with van der Waals surface area (Å²) in [4.78, 5) is 12.3. The summed E-state index contributed by atoms with van der Waals surface area (Å²) in [6, 6.07) is 12.7. The summed E-state index contributed by atoms with van der Waals surface area (Å²) >= 11 is 0. The van der Waals surface area contributed by atoms with E-state index in [2.05, 4.69) is 0 Å². The second-order valence-corrected chi connectivity index (χ2v) is 7.63. The Morgan fingerprint density at radius 2 is 1.68 bits per heavy atom. The van der Waals surface area contributed by atoms with Crippen molar-refractivity contribution in [1.29, 1.82) is 0 Å². The van der Waals surface area contributed by atoms with E-state index in [4.69, 9.17) is 9.47 Å². The highest BCUT2D eigenvalue weighted by atomic mass is 32.2. The van der Waals surface area contributed by atoms with E-state index in [0.29, 0.717) is 5.75 Å². The average molecular weight is 361 g/mol. The second-order valence-electron chi connectivity index (χ2n) is 5.74. The van der Waals surface area contributed by atoms with Crippen molar-refractivity contribution in [2.45, 2.75) is 23.9 Å². The fourth-order valence-corrected chi connectivity index (χ4v) is 4.53. The van der Waals surface area contributed by atoms with Gasteiger partial charge in [0.2, 0.25) is 10.0 Å². The Morgan fingerprint density at radius 3 is 2.28 bits per heavy atom. The second kappa shape index (κ2) is 6.85. The van der Waals surface area contributed by atoms with E-state index >= 15 is 0 Å². The number of methoxy groups -OCH3 is 2. The maximum Gasteiger partial charge on any atom is 0.324 e. The molecule has 3 rings (SSSR count). The van der Waals surface area contributed by atoms with Crippen LogP contribution in [0.15, 0.2) is 53.4 Å². The molecule has 0 bridgehead atoms. The van der Waals surface area contributed by atoms with Crippen LogP contribution < -0.4 is 4.74 Å². The third-order valence-corrected chi connectivity index (χ3v) is 6.21. The van der Waals surface area contributed by atoms with Gasteiger partial charge in [-0.2, -0.15) is 4.31 Å².